The van der Waals surface area contributed by atoms with Crippen molar-refractivity contribution in [2.24, 2.45) is 5.73 Å². The van der Waals surface area contributed by atoms with Crippen molar-refractivity contribution in [1.29, 1.82) is 5.41 Å². The molecule has 2 heterocycles. The fourth-order valence-electron chi connectivity index (χ4n) is 1.77. The van der Waals surface area contributed by atoms with Gasteiger partial charge in [-0.05, 0) is 38.5 Å². The van der Waals surface area contributed by atoms with Crippen LogP contribution in [0.4, 0.5) is 0 Å². The number of nitrogen functional groups attached to an aromatic ring is 1. The van der Waals surface area contributed by atoms with E-state index in [2.05, 4.69) is 15.0 Å². The Balaban J connectivity index is 2.37. The average molecular weight is 271 g/mol. The number of rotatable bonds is 4. The number of ether oxygens (including phenoxy) is 1. The van der Waals surface area contributed by atoms with E-state index < -0.39 is 0 Å². The Bertz CT molecular complexity index is 654. The molecule has 0 radical (unpaired) electrons. The van der Waals surface area contributed by atoms with Crippen molar-refractivity contribution >= 4 is 5.84 Å². The second-order valence-electron chi connectivity index (χ2n) is 4.44. The number of pyridine rings is 1. The van der Waals surface area contributed by atoms with Crippen molar-refractivity contribution in [3.05, 3.63) is 41.0 Å². The Morgan fingerprint density at radius 3 is 2.60 bits per heavy atom. The third-order valence-corrected chi connectivity index (χ3v) is 2.72. The Hall–Kier alpha value is -2.50. The highest BCUT2D eigenvalue weighted by molar-refractivity contribution is 5.93. The molecule has 0 spiro atoms. The largest absolute Gasteiger partial charge is 0.422 e. The summed E-state index contributed by atoms with van der Waals surface area (Å²) in [6.07, 6.45) is 0.752. The van der Waals surface area contributed by atoms with Crippen molar-refractivity contribution in [1.82, 2.24) is 15.0 Å². The second kappa shape index (κ2) is 5.64. The summed E-state index contributed by atoms with van der Waals surface area (Å²) in [6, 6.07) is 5.54. The Kier molecular flexibility index (Phi) is 3.93. The van der Waals surface area contributed by atoms with Gasteiger partial charge in [0.05, 0.1) is 5.69 Å². The maximum Gasteiger partial charge on any atom is 0.322 e. The number of aromatic nitrogens is 3. The average Bonchev–Trinajstić information content (AvgIpc) is 2.40. The molecule has 0 amide bonds. The molecular weight excluding hydrogens is 254 g/mol. The van der Waals surface area contributed by atoms with Gasteiger partial charge in [0.25, 0.3) is 0 Å². The molecule has 104 valence electrons. The molecule has 6 nitrogen and oxygen atoms in total. The van der Waals surface area contributed by atoms with E-state index >= 15 is 0 Å². The first kappa shape index (κ1) is 13.9. The molecule has 0 bridgehead atoms. The van der Waals surface area contributed by atoms with E-state index in [0.717, 1.165) is 17.8 Å². The minimum absolute atomic E-state index is 0.113. The lowest BCUT2D eigenvalue weighted by Gasteiger charge is -2.10. The van der Waals surface area contributed by atoms with Crippen molar-refractivity contribution in [3.63, 3.8) is 0 Å². The molecular formula is C14H17N5O. The van der Waals surface area contributed by atoms with Crippen LogP contribution in [0.25, 0.3) is 0 Å². The van der Waals surface area contributed by atoms with Crippen LogP contribution in [0.3, 0.4) is 0 Å². The second-order valence-corrected chi connectivity index (χ2v) is 4.44. The summed E-state index contributed by atoms with van der Waals surface area (Å²) in [5, 5.41) is 7.43. The zero-order valence-electron chi connectivity index (χ0n) is 11.8. The van der Waals surface area contributed by atoms with Crippen LogP contribution in [0.5, 0.6) is 11.8 Å². The van der Waals surface area contributed by atoms with Gasteiger partial charge in [0, 0.05) is 11.4 Å². The standard InChI is InChI=1S/C14H17N5O/c1-4-10-12(6-5-8(2)17-10)20-14-18-9(3)7-11(19-14)13(15)16/h5-7H,4H2,1-3H3,(H3,15,16). The van der Waals surface area contributed by atoms with Gasteiger partial charge < -0.3 is 10.5 Å². The fraction of sp³-hybridized carbons (Fsp3) is 0.286. The van der Waals surface area contributed by atoms with E-state index in [9.17, 15) is 0 Å². The van der Waals surface area contributed by atoms with Gasteiger partial charge in [0.1, 0.15) is 11.5 Å². The van der Waals surface area contributed by atoms with Crippen molar-refractivity contribution in [2.45, 2.75) is 27.2 Å². The molecule has 0 aliphatic heterocycles. The van der Waals surface area contributed by atoms with E-state index in [1.54, 1.807) is 13.0 Å². The lowest BCUT2D eigenvalue weighted by Crippen LogP contribution is -2.14. The first-order valence-electron chi connectivity index (χ1n) is 6.34. The summed E-state index contributed by atoms with van der Waals surface area (Å²) in [5.74, 6) is 0.510. The highest BCUT2D eigenvalue weighted by Gasteiger charge is 2.10. The zero-order valence-corrected chi connectivity index (χ0v) is 11.8. The molecule has 3 N–H and O–H groups in total. The number of nitrogens with zero attached hydrogens (tertiary/aromatic N) is 3. The molecule has 0 saturated heterocycles. The summed E-state index contributed by atoms with van der Waals surface area (Å²) in [6.45, 7) is 5.74. The molecule has 0 saturated carbocycles. The Morgan fingerprint density at radius 2 is 1.95 bits per heavy atom. The molecule has 6 heteroatoms. The minimum atomic E-state index is -0.113. The lowest BCUT2D eigenvalue weighted by molar-refractivity contribution is 0.432. The van der Waals surface area contributed by atoms with Crippen LogP contribution >= 0.6 is 0 Å². The summed E-state index contributed by atoms with van der Waals surface area (Å²) in [7, 11) is 0. The van der Waals surface area contributed by atoms with Gasteiger partial charge in [0.2, 0.25) is 0 Å². The van der Waals surface area contributed by atoms with Gasteiger partial charge in [-0.25, -0.2) is 4.98 Å². The van der Waals surface area contributed by atoms with Crippen LogP contribution in [0.2, 0.25) is 0 Å². The number of hydrogen-bond donors (Lipinski definition) is 2. The highest BCUT2D eigenvalue weighted by Crippen LogP contribution is 2.22. The summed E-state index contributed by atoms with van der Waals surface area (Å²) < 4.78 is 5.69. The molecule has 0 aliphatic rings. The number of nitrogens with two attached hydrogens (primary N) is 1. The molecule has 0 unspecified atom stereocenters. The Labute approximate surface area is 117 Å². The summed E-state index contributed by atoms with van der Waals surface area (Å²) >= 11 is 0. The molecule has 0 aromatic carbocycles. The number of aryl methyl sites for hydroxylation is 3. The van der Waals surface area contributed by atoms with Gasteiger partial charge in [-0.1, -0.05) is 6.92 Å². The summed E-state index contributed by atoms with van der Waals surface area (Å²) in [5.41, 5.74) is 8.27. The van der Waals surface area contributed by atoms with Crippen molar-refractivity contribution < 1.29 is 4.74 Å². The molecule has 0 atom stereocenters. The normalized spacial score (nSPS) is 10.3. The number of nitrogens with one attached hydrogen (secondary N) is 1. The molecule has 0 aliphatic carbocycles. The lowest BCUT2D eigenvalue weighted by atomic mass is 10.2. The summed E-state index contributed by atoms with van der Waals surface area (Å²) in [4.78, 5) is 12.7. The Morgan fingerprint density at radius 1 is 1.20 bits per heavy atom. The van der Waals surface area contributed by atoms with Gasteiger partial charge in [0.15, 0.2) is 5.75 Å². The van der Waals surface area contributed by atoms with Crippen LogP contribution in [0.1, 0.15) is 29.7 Å². The van der Waals surface area contributed by atoms with Gasteiger partial charge in [-0.15, -0.1) is 0 Å². The zero-order chi connectivity index (χ0) is 14.7. The maximum atomic E-state index is 7.43. The monoisotopic (exact) mass is 271 g/mol. The fourth-order valence-corrected chi connectivity index (χ4v) is 1.77. The first-order chi connectivity index (χ1) is 9.49. The van der Waals surface area contributed by atoms with Crippen molar-refractivity contribution in [2.75, 3.05) is 0 Å². The molecule has 2 aromatic rings. The number of hydrogen-bond acceptors (Lipinski definition) is 5. The minimum Gasteiger partial charge on any atom is -0.422 e. The predicted molar refractivity (Wildman–Crippen MR) is 76.2 cm³/mol. The van der Waals surface area contributed by atoms with Crippen molar-refractivity contribution in [3.8, 4) is 11.8 Å². The van der Waals surface area contributed by atoms with Gasteiger partial charge >= 0.3 is 6.01 Å². The van der Waals surface area contributed by atoms with E-state index in [-0.39, 0.29) is 11.8 Å². The quantitative estimate of drug-likeness (QED) is 0.655. The number of amidine groups is 1. The third-order valence-electron chi connectivity index (χ3n) is 2.72. The first-order valence-corrected chi connectivity index (χ1v) is 6.34. The van der Waals surface area contributed by atoms with E-state index in [1.807, 2.05) is 26.0 Å². The van der Waals surface area contributed by atoms with E-state index in [0.29, 0.717) is 17.1 Å². The smallest absolute Gasteiger partial charge is 0.322 e. The topological polar surface area (TPSA) is 97.8 Å². The third kappa shape index (κ3) is 3.09. The molecule has 2 aromatic heterocycles. The molecule has 0 fully saturated rings. The van der Waals surface area contributed by atoms with Crippen LogP contribution in [-0.2, 0) is 6.42 Å². The predicted octanol–water partition coefficient (Wildman–Crippen LogP) is 2.13. The highest BCUT2D eigenvalue weighted by atomic mass is 16.5. The van der Waals surface area contributed by atoms with Crippen LogP contribution in [-0.4, -0.2) is 20.8 Å². The molecule has 2 rings (SSSR count). The molecule has 20 heavy (non-hydrogen) atoms. The van der Waals surface area contributed by atoms with Crippen LogP contribution in [0.15, 0.2) is 18.2 Å². The van der Waals surface area contributed by atoms with Gasteiger partial charge in [-0.3, -0.25) is 10.4 Å². The van der Waals surface area contributed by atoms with Crippen LogP contribution < -0.4 is 10.5 Å². The van der Waals surface area contributed by atoms with E-state index in [1.165, 1.54) is 0 Å². The van der Waals surface area contributed by atoms with E-state index in [4.69, 9.17) is 15.9 Å². The maximum absolute atomic E-state index is 7.43. The SMILES string of the molecule is CCc1nc(C)ccc1Oc1nc(C)cc(C(=N)N)n1. The van der Waals surface area contributed by atoms with Gasteiger partial charge in [-0.2, -0.15) is 4.98 Å². The van der Waals surface area contributed by atoms with Crippen LogP contribution in [0, 0.1) is 19.3 Å².